The Balaban J connectivity index is 1.70. The molecule has 110 valence electrons. The zero-order valence-corrected chi connectivity index (χ0v) is 13.2. The predicted octanol–water partition coefficient (Wildman–Crippen LogP) is 4.05. The first-order valence-electron chi connectivity index (χ1n) is 7.66. The van der Waals surface area contributed by atoms with Crippen molar-refractivity contribution in [2.45, 2.75) is 56.6 Å². The smallest absolute Gasteiger partial charge is 0.0572 e. The molecule has 1 atom stereocenters. The molecule has 2 nitrogen and oxygen atoms in total. The van der Waals surface area contributed by atoms with Crippen LogP contribution in [0.3, 0.4) is 0 Å². The number of hydrogen-bond donors (Lipinski definition) is 1. The van der Waals surface area contributed by atoms with Crippen LogP contribution in [-0.2, 0) is 4.74 Å². The predicted molar refractivity (Wildman–Crippen MR) is 83.5 cm³/mol. The number of methoxy groups -OCH3 is 1. The lowest BCUT2D eigenvalue weighted by Gasteiger charge is -2.37. The molecule has 1 N–H and O–H groups in total. The molecule has 1 spiro atoms. The van der Waals surface area contributed by atoms with Crippen LogP contribution in [0.25, 0.3) is 0 Å². The van der Waals surface area contributed by atoms with Gasteiger partial charge in [-0.2, -0.15) is 0 Å². The third-order valence-electron chi connectivity index (χ3n) is 5.26. The molecule has 1 aliphatic carbocycles. The summed E-state index contributed by atoms with van der Waals surface area (Å²) in [5.74, 6) is 0.631. The number of benzene rings is 1. The Labute approximate surface area is 126 Å². The fraction of sp³-hybridized carbons (Fsp3) is 0.647. The van der Waals surface area contributed by atoms with Crippen LogP contribution in [0.4, 0.5) is 0 Å². The largest absolute Gasteiger partial charge is 0.381 e. The molecule has 3 rings (SSSR count). The van der Waals surface area contributed by atoms with Crippen molar-refractivity contribution in [2.24, 2.45) is 0 Å². The Bertz CT molecular complexity index is 480. The quantitative estimate of drug-likeness (QED) is 0.888. The minimum atomic E-state index is 0.353. The summed E-state index contributed by atoms with van der Waals surface area (Å²) < 4.78 is 5.50. The fourth-order valence-electron chi connectivity index (χ4n) is 4.03. The Hall–Kier alpha value is -0.570. The highest BCUT2D eigenvalue weighted by Crippen LogP contribution is 2.42. The van der Waals surface area contributed by atoms with Crippen molar-refractivity contribution in [3.05, 3.63) is 34.3 Å². The number of nitrogens with one attached hydrogen (secondary N) is 1. The first-order valence-corrected chi connectivity index (χ1v) is 8.03. The maximum absolute atomic E-state index is 6.07. The average molecular weight is 294 g/mol. The van der Waals surface area contributed by atoms with Crippen LogP contribution in [0.2, 0.25) is 5.02 Å². The van der Waals surface area contributed by atoms with E-state index in [-0.39, 0.29) is 0 Å². The van der Waals surface area contributed by atoms with E-state index >= 15 is 0 Å². The minimum Gasteiger partial charge on any atom is -0.381 e. The molecule has 1 aliphatic heterocycles. The van der Waals surface area contributed by atoms with Gasteiger partial charge in [0.25, 0.3) is 0 Å². The molecule has 2 fully saturated rings. The highest BCUT2D eigenvalue weighted by molar-refractivity contribution is 6.30. The Kier molecular flexibility index (Phi) is 4.07. The summed E-state index contributed by atoms with van der Waals surface area (Å²) in [6.07, 6.45) is 6.60. The second-order valence-electron chi connectivity index (χ2n) is 6.50. The van der Waals surface area contributed by atoms with E-state index in [1.807, 2.05) is 13.2 Å². The number of halogens is 1. The Morgan fingerprint density at radius 2 is 2.05 bits per heavy atom. The van der Waals surface area contributed by atoms with Gasteiger partial charge in [0.1, 0.15) is 0 Å². The van der Waals surface area contributed by atoms with Gasteiger partial charge in [-0.1, -0.05) is 17.7 Å². The molecule has 0 bridgehead atoms. The molecule has 1 saturated heterocycles. The molecule has 0 amide bonds. The zero-order chi connectivity index (χ0) is 14.2. The first kappa shape index (κ1) is 14.4. The number of rotatable bonds is 2. The van der Waals surface area contributed by atoms with Crippen LogP contribution in [0.5, 0.6) is 0 Å². The third-order valence-corrected chi connectivity index (χ3v) is 5.49. The van der Waals surface area contributed by atoms with Crippen molar-refractivity contribution in [3.8, 4) is 0 Å². The average Bonchev–Trinajstić information content (AvgIpc) is 2.83. The van der Waals surface area contributed by atoms with Crippen LogP contribution >= 0.6 is 11.6 Å². The second-order valence-corrected chi connectivity index (χ2v) is 6.93. The van der Waals surface area contributed by atoms with Gasteiger partial charge in [0.2, 0.25) is 0 Å². The first-order chi connectivity index (χ1) is 9.62. The zero-order valence-electron chi connectivity index (χ0n) is 12.4. The van der Waals surface area contributed by atoms with Crippen LogP contribution in [0.1, 0.15) is 49.1 Å². The molecular weight excluding hydrogens is 270 g/mol. The molecule has 3 heteroatoms. The van der Waals surface area contributed by atoms with E-state index in [9.17, 15) is 0 Å². The maximum Gasteiger partial charge on any atom is 0.0572 e. The van der Waals surface area contributed by atoms with Crippen LogP contribution in [-0.4, -0.2) is 25.3 Å². The van der Waals surface area contributed by atoms with E-state index in [2.05, 4.69) is 24.4 Å². The highest BCUT2D eigenvalue weighted by Gasteiger charge is 2.42. The standard InChI is InChI=1S/C17H24ClNO/c1-12-9-14(18)3-4-16(12)13-10-17(19-11-13)7-5-15(20-2)6-8-17/h3-4,9,13,15,19H,5-8,10-11H2,1-2H3. The summed E-state index contributed by atoms with van der Waals surface area (Å²) in [6.45, 7) is 3.27. The topological polar surface area (TPSA) is 21.3 Å². The van der Waals surface area contributed by atoms with Gasteiger partial charge in [-0.25, -0.2) is 0 Å². The van der Waals surface area contributed by atoms with E-state index in [4.69, 9.17) is 16.3 Å². The summed E-state index contributed by atoms with van der Waals surface area (Å²) in [7, 11) is 1.84. The van der Waals surface area contributed by atoms with Crippen molar-refractivity contribution in [3.63, 3.8) is 0 Å². The molecule has 1 saturated carbocycles. The van der Waals surface area contributed by atoms with Crippen molar-refractivity contribution in [1.29, 1.82) is 0 Å². The molecule has 1 unspecified atom stereocenters. The van der Waals surface area contributed by atoms with Gasteiger partial charge >= 0.3 is 0 Å². The Morgan fingerprint density at radius 1 is 1.30 bits per heavy atom. The lowest BCUT2D eigenvalue weighted by Crippen LogP contribution is -2.44. The van der Waals surface area contributed by atoms with E-state index in [0.29, 0.717) is 17.6 Å². The maximum atomic E-state index is 6.07. The van der Waals surface area contributed by atoms with Crippen molar-refractivity contribution < 1.29 is 4.74 Å². The normalized spacial score (nSPS) is 33.8. The summed E-state index contributed by atoms with van der Waals surface area (Å²) >= 11 is 6.07. The summed E-state index contributed by atoms with van der Waals surface area (Å²) in [6, 6.07) is 6.32. The molecule has 20 heavy (non-hydrogen) atoms. The molecule has 0 aromatic heterocycles. The van der Waals surface area contributed by atoms with E-state index in [0.717, 1.165) is 11.6 Å². The third kappa shape index (κ3) is 2.74. The highest BCUT2D eigenvalue weighted by atomic mass is 35.5. The van der Waals surface area contributed by atoms with Crippen molar-refractivity contribution in [2.75, 3.05) is 13.7 Å². The van der Waals surface area contributed by atoms with Gasteiger partial charge < -0.3 is 10.1 Å². The number of hydrogen-bond acceptors (Lipinski definition) is 2. The van der Waals surface area contributed by atoms with Crippen LogP contribution in [0.15, 0.2) is 18.2 Å². The fourth-order valence-corrected chi connectivity index (χ4v) is 4.26. The van der Waals surface area contributed by atoms with Crippen molar-refractivity contribution in [1.82, 2.24) is 5.32 Å². The number of ether oxygens (including phenoxy) is 1. The van der Waals surface area contributed by atoms with Gasteiger partial charge in [0.05, 0.1) is 6.10 Å². The van der Waals surface area contributed by atoms with E-state index in [1.54, 1.807) is 0 Å². The molecule has 1 heterocycles. The lowest BCUT2D eigenvalue weighted by atomic mass is 9.76. The lowest BCUT2D eigenvalue weighted by molar-refractivity contribution is 0.0454. The van der Waals surface area contributed by atoms with Gasteiger partial charge in [0.15, 0.2) is 0 Å². The van der Waals surface area contributed by atoms with Gasteiger partial charge in [-0.3, -0.25) is 0 Å². The molecule has 2 aliphatic rings. The van der Waals surface area contributed by atoms with E-state index < -0.39 is 0 Å². The molecule has 1 aromatic rings. The molecular formula is C17H24ClNO. The summed E-state index contributed by atoms with van der Waals surface area (Å²) in [5, 5.41) is 4.66. The SMILES string of the molecule is COC1CCC2(CC1)CC(c1ccc(Cl)cc1C)CN2. The number of aryl methyl sites for hydroxylation is 1. The molecule has 1 aromatic carbocycles. The van der Waals surface area contributed by atoms with Crippen LogP contribution in [0, 0.1) is 6.92 Å². The second kappa shape index (κ2) is 5.67. The molecule has 0 radical (unpaired) electrons. The Morgan fingerprint density at radius 3 is 2.70 bits per heavy atom. The van der Waals surface area contributed by atoms with E-state index in [1.165, 1.54) is 43.2 Å². The van der Waals surface area contributed by atoms with Crippen LogP contribution < -0.4 is 5.32 Å². The van der Waals surface area contributed by atoms with Gasteiger partial charge in [0, 0.05) is 24.2 Å². The minimum absolute atomic E-state index is 0.353. The van der Waals surface area contributed by atoms with Crippen molar-refractivity contribution >= 4 is 11.6 Å². The van der Waals surface area contributed by atoms with Gasteiger partial charge in [-0.05, 0) is 68.2 Å². The summed E-state index contributed by atoms with van der Waals surface area (Å²) in [4.78, 5) is 0. The monoisotopic (exact) mass is 293 g/mol. The summed E-state index contributed by atoms with van der Waals surface area (Å²) in [5.41, 5.74) is 3.14. The van der Waals surface area contributed by atoms with Gasteiger partial charge in [-0.15, -0.1) is 0 Å².